The molecule has 0 bridgehead atoms. The highest BCUT2D eigenvalue weighted by molar-refractivity contribution is 6.23. The Balaban J connectivity index is 1.23. The van der Waals surface area contributed by atoms with Crippen LogP contribution in [-0.2, 0) is 0 Å². The number of benzene rings is 9. The van der Waals surface area contributed by atoms with Crippen LogP contribution in [0.1, 0.15) is 0 Å². The molecule has 9 aromatic carbocycles. The van der Waals surface area contributed by atoms with Crippen LogP contribution in [0.3, 0.4) is 0 Å². The van der Waals surface area contributed by atoms with Gasteiger partial charge in [0.05, 0.1) is 22.2 Å². The fourth-order valence-electron chi connectivity index (χ4n) is 8.01. The third-order valence-electron chi connectivity index (χ3n) is 10.5. The van der Waals surface area contributed by atoms with E-state index in [0.717, 1.165) is 38.8 Å². The predicted octanol–water partition coefficient (Wildman–Crippen LogP) is 12.7. The molecular weight excluding hydrogens is 619 g/mol. The third kappa shape index (κ3) is 4.38. The van der Waals surface area contributed by atoms with E-state index < -0.39 is 0 Å². The monoisotopic (exact) mass is 647 g/mol. The van der Waals surface area contributed by atoms with Gasteiger partial charge in [0, 0.05) is 21.7 Å². The van der Waals surface area contributed by atoms with Crippen molar-refractivity contribution >= 4 is 75.8 Å². The first-order chi connectivity index (χ1) is 25.2. The molecule has 0 atom stereocenters. The topological polar surface area (TPSA) is 30.7 Å². The molecule has 0 aliphatic carbocycles. The van der Waals surface area contributed by atoms with E-state index in [4.69, 9.17) is 9.97 Å². The number of hydrogen-bond donors (Lipinski definition) is 0. The standard InChI is InChI=1S/C48H29N3/c1-3-12-33-25-37(19-17-30(33)9-1)38-21-23-43-41(27-38)47(39-20-18-31-10-2-4-13-34(31)26-39)50-48(49-43)51-44-24-22-32-11-7-8-16-40(32)46(44)42-28-35-14-5-6-15-36(35)29-45(42)51/h1-29H. The lowest BCUT2D eigenvalue weighted by Crippen LogP contribution is -2.03. The summed E-state index contributed by atoms with van der Waals surface area (Å²) >= 11 is 0. The van der Waals surface area contributed by atoms with Crippen molar-refractivity contribution in [1.29, 1.82) is 0 Å². The van der Waals surface area contributed by atoms with Crippen LogP contribution in [0.5, 0.6) is 0 Å². The van der Waals surface area contributed by atoms with Gasteiger partial charge in [-0.05, 0) is 96.7 Å². The van der Waals surface area contributed by atoms with Crippen molar-refractivity contribution in [3.63, 3.8) is 0 Å². The summed E-state index contributed by atoms with van der Waals surface area (Å²) in [7, 11) is 0. The van der Waals surface area contributed by atoms with Crippen molar-refractivity contribution in [3.05, 3.63) is 176 Å². The average molecular weight is 648 g/mol. The second-order valence-corrected chi connectivity index (χ2v) is 13.5. The van der Waals surface area contributed by atoms with Gasteiger partial charge >= 0.3 is 0 Å². The summed E-state index contributed by atoms with van der Waals surface area (Å²) < 4.78 is 2.27. The average Bonchev–Trinajstić information content (AvgIpc) is 3.52. The molecular formula is C48H29N3. The Labute approximate surface area is 293 Å². The fraction of sp³-hybridized carbons (Fsp3) is 0. The Morgan fingerprint density at radius 2 is 0.882 bits per heavy atom. The minimum atomic E-state index is 0.662. The molecule has 2 aromatic heterocycles. The first-order valence-electron chi connectivity index (χ1n) is 17.4. The van der Waals surface area contributed by atoms with Crippen molar-refractivity contribution in [1.82, 2.24) is 14.5 Å². The van der Waals surface area contributed by atoms with Gasteiger partial charge < -0.3 is 0 Å². The summed E-state index contributed by atoms with van der Waals surface area (Å²) in [6.07, 6.45) is 0. The van der Waals surface area contributed by atoms with Crippen LogP contribution in [0, 0.1) is 0 Å². The van der Waals surface area contributed by atoms with Gasteiger partial charge in [0.15, 0.2) is 0 Å². The summed E-state index contributed by atoms with van der Waals surface area (Å²) in [6.45, 7) is 0. The fourth-order valence-corrected chi connectivity index (χ4v) is 8.01. The molecule has 0 spiro atoms. The minimum Gasteiger partial charge on any atom is -0.278 e. The van der Waals surface area contributed by atoms with Crippen LogP contribution in [-0.4, -0.2) is 14.5 Å². The maximum Gasteiger partial charge on any atom is 0.235 e. The van der Waals surface area contributed by atoms with Crippen molar-refractivity contribution in [2.75, 3.05) is 0 Å². The van der Waals surface area contributed by atoms with Crippen molar-refractivity contribution in [2.45, 2.75) is 0 Å². The Morgan fingerprint density at radius 3 is 1.63 bits per heavy atom. The molecule has 0 saturated carbocycles. The molecule has 11 aromatic rings. The molecule has 2 heterocycles. The van der Waals surface area contributed by atoms with E-state index in [9.17, 15) is 0 Å². The van der Waals surface area contributed by atoms with Crippen LogP contribution < -0.4 is 0 Å². The van der Waals surface area contributed by atoms with E-state index in [1.165, 1.54) is 59.4 Å². The number of nitrogens with zero attached hydrogens (tertiary/aromatic N) is 3. The first kappa shape index (κ1) is 28.0. The summed E-state index contributed by atoms with van der Waals surface area (Å²) in [6, 6.07) is 63.3. The van der Waals surface area contributed by atoms with Gasteiger partial charge in [-0.1, -0.05) is 133 Å². The molecule has 236 valence electrons. The second kappa shape index (κ2) is 10.8. The van der Waals surface area contributed by atoms with E-state index in [1.807, 2.05) is 0 Å². The zero-order valence-electron chi connectivity index (χ0n) is 27.6. The molecule has 0 fully saturated rings. The molecule has 0 amide bonds. The van der Waals surface area contributed by atoms with E-state index in [-0.39, 0.29) is 0 Å². The molecule has 0 aliphatic heterocycles. The maximum absolute atomic E-state index is 5.52. The van der Waals surface area contributed by atoms with Crippen molar-refractivity contribution < 1.29 is 0 Å². The molecule has 0 radical (unpaired) electrons. The summed E-state index contributed by atoms with van der Waals surface area (Å²) in [5.41, 5.74) is 7.39. The third-order valence-corrected chi connectivity index (χ3v) is 10.5. The molecule has 0 N–H and O–H groups in total. The number of fused-ring (bicyclic) bond motifs is 9. The zero-order chi connectivity index (χ0) is 33.5. The van der Waals surface area contributed by atoms with Gasteiger partial charge in [0.2, 0.25) is 5.95 Å². The normalized spacial score (nSPS) is 11.9. The molecule has 3 heteroatoms. The zero-order valence-corrected chi connectivity index (χ0v) is 27.6. The van der Waals surface area contributed by atoms with Crippen LogP contribution in [0.25, 0.3) is 104 Å². The van der Waals surface area contributed by atoms with Gasteiger partial charge in [-0.15, -0.1) is 0 Å². The SMILES string of the molecule is c1ccc2cc(-c3ccc4nc(-n5c6cc7ccccc7cc6c6c7ccccc7ccc65)nc(-c5ccc6ccccc6c5)c4c3)ccc2c1. The van der Waals surface area contributed by atoms with E-state index in [0.29, 0.717) is 5.95 Å². The Morgan fingerprint density at radius 1 is 0.333 bits per heavy atom. The summed E-state index contributed by atoms with van der Waals surface area (Å²) in [4.78, 5) is 10.9. The van der Waals surface area contributed by atoms with Gasteiger partial charge in [0.25, 0.3) is 0 Å². The largest absolute Gasteiger partial charge is 0.278 e. The highest BCUT2D eigenvalue weighted by atomic mass is 15.2. The van der Waals surface area contributed by atoms with Gasteiger partial charge in [-0.25, -0.2) is 9.97 Å². The van der Waals surface area contributed by atoms with Crippen molar-refractivity contribution in [2.24, 2.45) is 0 Å². The maximum atomic E-state index is 5.52. The smallest absolute Gasteiger partial charge is 0.235 e. The molecule has 11 rings (SSSR count). The van der Waals surface area contributed by atoms with Gasteiger partial charge in [-0.3, -0.25) is 4.57 Å². The van der Waals surface area contributed by atoms with Crippen LogP contribution in [0.15, 0.2) is 176 Å². The lowest BCUT2D eigenvalue weighted by molar-refractivity contribution is 1.01. The highest BCUT2D eigenvalue weighted by Crippen LogP contribution is 2.40. The van der Waals surface area contributed by atoms with E-state index in [1.54, 1.807) is 0 Å². The Kier molecular flexibility index (Phi) is 5.96. The highest BCUT2D eigenvalue weighted by Gasteiger charge is 2.20. The molecule has 0 saturated heterocycles. The lowest BCUT2D eigenvalue weighted by Gasteiger charge is -2.14. The number of aromatic nitrogens is 3. The summed E-state index contributed by atoms with van der Waals surface area (Å²) in [5, 5.41) is 13.1. The minimum absolute atomic E-state index is 0.662. The molecule has 3 nitrogen and oxygen atoms in total. The van der Waals surface area contributed by atoms with Gasteiger partial charge in [0.1, 0.15) is 0 Å². The first-order valence-corrected chi connectivity index (χ1v) is 17.4. The Bertz CT molecular complexity index is 3210. The number of rotatable bonds is 3. The predicted molar refractivity (Wildman–Crippen MR) is 215 cm³/mol. The molecule has 51 heavy (non-hydrogen) atoms. The summed E-state index contributed by atoms with van der Waals surface area (Å²) in [5.74, 6) is 0.662. The van der Waals surface area contributed by atoms with Crippen LogP contribution in [0.4, 0.5) is 0 Å². The molecule has 0 unspecified atom stereocenters. The Hall–Kier alpha value is -6.84. The number of hydrogen-bond acceptors (Lipinski definition) is 2. The van der Waals surface area contributed by atoms with Crippen LogP contribution in [0.2, 0.25) is 0 Å². The van der Waals surface area contributed by atoms with E-state index >= 15 is 0 Å². The second-order valence-electron chi connectivity index (χ2n) is 13.5. The van der Waals surface area contributed by atoms with Crippen molar-refractivity contribution in [3.8, 4) is 28.3 Å². The van der Waals surface area contributed by atoms with E-state index in [2.05, 4.69) is 180 Å². The quantitative estimate of drug-likeness (QED) is 0.191. The van der Waals surface area contributed by atoms with Crippen LogP contribution >= 0.6 is 0 Å². The van der Waals surface area contributed by atoms with Gasteiger partial charge in [-0.2, -0.15) is 0 Å². The lowest BCUT2D eigenvalue weighted by atomic mass is 9.97. The molecule has 0 aliphatic rings.